The lowest BCUT2D eigenvalue weighted by molar-refractivity contribution is 0.0939. The zero-order valence-electron chi connectivity index (χ0n) is 13.8. The molecule has 0 saturated heterocycles. The number of carbonyl (C=O) groups is 1. The van der Waals surface area contributed by atoms with Gasteiger partial charge in [-0.1, -0.05) is 24.3 Å². The van der Waals surface area contributed by atoms with Gasteiger partial charge in [0.15, 0.2) is 0 Å². The monoisotopic (exact) mass is 309 g/mol. The van der Waals surface area contributed by atoms with Crippen LogP contribution < -0.4 is 10.1 Å². The highest BCUT2D eigenvalue weighted by Crippen LogP contribution is 2.25. The molecule has 1 amide bonds. The lowest BCUT2D eigenvalue weighted by Crippen LogP contribution is -2.26. The summed E-state index contributed by atoms with van der Waals surface area (Å²) in [6.45, 7) is 2.03. The summed E-state index contributed by atoms with van der Waals surface area (Å²) in [4.78, 5) is 12.4. The standard InChI is InChI=1S/C20H23NO2/c1-14(16-11-10-15-6-3-4-7-17(15)12-16)21-20(22)18-8-5-9-19(13-18)23-2/h5,8-14H,3-4,6-7H2,1-2H3,(H,21,22). The minimum Gasteiger partial charge on any atom is -0.497 e. The number of carbonyl (C=O) groups excluding carboxylic acids is 1. The summed E-state index contributed by atoms with van der Waals surface area (Å²) in [7, 11) is 1.60. The number of aryl methyl sites for hydroxylation is 2. The third-order valence-corrected chi connectivity index (χ3v) is 4.55. The predicted octanol–water partition coefficient (Wildman–Crippen LogP) is 4.07. The third kappa shape index (κ3) is 3.55. The Balaban J connectivity index is 1.73. The van der Waals surface area contributed by atoms with E-state index in [0.717, 1.165) is 6.42 Å². The molecule has 3 nitrogen and oxygen atoms in total. The highest BCUT2D eigenvalue weighted by Gasteiger charge is 2.15. The topological polar surface area (TPSA) is 38.3 Å². The van der Waals surface area contributed by atoms with E-state index in [4.69, 9.17) is 4.74 Å². The van der Waals surface area contributed by atoms with Crippen molar-refractivity contribution in [3.8, 4) is 5.75 Å². The average Bonchev–Trinajstić information content (AvgIpc) is 2.61. The summed E-state index contributed by atoms with van der Waals surface area (Å²) in [6.07, 6.45) is 4.88. The summed E-state index contributed by atoms with van der Waals surface area (Å²) >= 11 is 0. The maximum Gasteiger partial charge on any atom is 0.251 e. The van der Waals surface area contributed by atoms with Crippen LogP contribution in [0.5, 0.6) is 5.75 Å². The number of benzene rings is 2. The normalized spacial score (nSPS) is 14.7. The quantitative estimate of drug-likeness (QED) is 0.924. The van der Waals surface area contributed by atoms with Crippen LogP contribution in [0.15, 0.2) is 42.5 Å². The molecule has 1 N–H and O–H groups in total. The number of fused-ring (bicyclic) bond motifs is 1. The van der Waals surface area contributed by atoms with Crippen molar-refractivity contribution in [2.75, 3.05) is 7.11 Å². The molecule has 0 aromatic heterocycles. The van der Waals surface area contributed by atoms with Gasteiger partial charge in [-0.3, -0.25) is 4.79 Å². The second-order valence-electron chi connectivity index (χ2n) is 6.16. The van der Waals surface area contributed by atoms with Crippen molar-refractivity contribution in [1.29, 1.82) is 0 Å². The van der Waals surface area contributed by atoms with Crippen molar-refractivity contribution in [2.45, 2.75) is 38.6 Å². The van der Waals surface area contributed by atoms with E-state index in [1.54, 1.807) is 19.2 Å². The van der Waals surface area contributed by atoms with Gasteiger partial charge >= 0.3 is 0 Å². The molecule has 3 rings (SSSR count). The van der Waals surface area contributed by atoms with Crippen LogP contribution in [0.2, 0.25) is 0 Å². The van der Waals surface area contributed by atoms with Crippen LogP contribution in [0.3, 0.4) is 0 Å². The Morgan fingerprint density at radius 1 is 1.09 bits per heavy atom. The van der Waals surface area contributed by atoms with Crippen LogP contribution >= 0.6 is 0 Å². The van der Waals surface area contributed by atoms with E-state index >= 15 is 0 Å². The molecule has 120 valence electrons. The van der Waals surface area contributed by atoms with E-state index in [-0.39, 0.29) is 11.9 Å². The predicted molar refractivity (Wildman–Crippen MR) is 92.0 cm³/mol. The average molecular weight is 309 g/mol. The number of rotatable bonds is 4. The van der Waals surface area contributed by atoms with Crippen LogP contribution in [0.4, 0.5) is 0 Å². The first-order valence-electron chi connectivity index (χ1n) is 8.24. The Kier molecular flexibility index (Phi) is 4.65. The second kappa shape index (κ2) is 6.86. The van der Waals surface area contributed by atoms with E-state index in [1.807, 2.05) is 19.1 Å². The molecule has 1 atom stereocenters. The molecule has 1 aliphatic rings. The maximum atomic E-state index is 12.4. The number of methoxy groups -OCH3 is 1. The Morgan fingerprint density at radius 2 is 1.87 bits per heavy atom. The zero-order valence-corrected chi connectivity index (χ0v) is 13.8. The molecule has 2 aromatic rings. The highest BCUT2D eigenvalue weighted by atomic mass is 16.5. The zero-order chi connectivity index (χ0) is 16.2. The number of ether oxygens (including phenoxy) is 1. The van der Waals surface area contributed by atoms with E-state index in [2.05, 4.69) is 23.5 Å². The molecule has 23 heavy (non-hydrogen) atoms. The SMILES string of the molecule is COc1cccc(C(=O)NC(C)c2ccc3c(c2)CCCC3)c1. The fourth-order valence-corrected chi connectivity index (χ4v) is 3.15. The molecular weight excluding hydrogens is 286 g/mol. The second-order valence-corrected chi connectivity index (χ2v) is 6.16. The number of hydrogen-bond acceptors (Lipinski definition) is 2. The molecule has 1 aliphatic carbocycles. The number of amides is 1. The first-order valence-corrected chi connectivity index (χ1v) is 8.24. The van der Waals surface area contributed by atoms with Crippen molar-refractivity contribution < 1.29 is 9.53 Å². The van der Waals surface area contributed by atoms with Crippen LogP contribution in [0.25, 0.3) is 0 Å². The van der Waals surface area contributed by atoms with Crippen LogP contribution in [-0.4, -0.2) is 13.0 Å². The van der Waals surface area contributed by atoms with E-state index < -0.39 is 0 Å². The Morgan fingerprint density at radius 3 is 2.65 bits per heavy atom. The summed E-state index contributed by atoms with van der Waals surface area (Å²) in [5.41, 5.74) is 4.69. The number of nitrogens with one attached hydrogen (secondary N) is 1. The van der Waals surface area contributed by atoms with E-state index in [0.29, 0.717) is 11.3 Å². The summed E-state index contributed by atoms with van der Waals surface area (Å²) in [5.74, 6) is 0.619. The van der Waals surface area contributed by atoms with E-state index in [1.165, 1.54) is 36.0 Å². The Labute approximate surface area is 137 Å². The molecule has 0 radical (unpaired) electrons. The van der Waals surface area contributed by atoms with Crippen LogP contribution in [-0.2, 0) is 12.8 Å². The largest absolute Gasteiger partial charge is 0.497 e. The van der Waals surface area contributed by atoms with Crippen molar-refractivity contribution in [3.05, 3.63) is 64.7 Å². The molecule has 0 aliphatic heterocycles. The Bertz CT molecular complexity index is 709. The molecule has 3 heteroatoms. The first-order chi connectivity index (χ1) is 11.2. The third-order valence-electron chi connectivity index (χ3n) is 4.55. The van der Waals surface area contributed by atoms with Gasteiger partial charge in [0.05, 0.1) is 13.2 Å². The first kappa shape index (κ1) is 15.6. The van der Waals surface area contributed by atoms with Gasteiger partial charge in [-0.25, -0.2) is 0 Å². The van der Waals surface area contributed by atoms with Crippen molar-refractivity contribution >= 4 is 5.91 Å². The van der Waals surface area contributed by atoms with Gasteiger partial charge in [-0.2, -0.15) is 0 Å². The van der Waals surface area contributed by atoms with Crippen molar-refractivity contribution in [1.82, 2.24) is 5.32 Å². The molecule has 2 aromatic carbocycles. The molecule has 0 spiro atoms. The summed E-state index contributed by atoms with van der Waals surface area (Å²) in [5, 5.41) is 3.08. The van der Waals surface area contributed by atoms with Gasteiger partial charge in [-0.15, -0.1) is 0 Å². The summed E-state index contributed by atoms with van der Waals surface area (Å²) < 4.78 is 5.18. The molecule has 0 bridgehead atoms. The van der Waals surface area contributed by atoms with Gasteiger partial charge in [0.25, 0.3) is 5.91 Å². The van der Waals surface area contributed by atoms with Crippen molar-refractivity contribution in [2.24, 2.45) is 0 Å². The molecule has 0 fully saturated rings. The smallest absolute Gasteiger partial charge is 0.251 e. The maximum absolute atomic E-state index is 12.4. The van der Waals surface area contributed by atoms with Crippen LogP contribution in [0, 0.1) is 0 Å². The van der Waals surface area contributed by atoms with Crippen molar-refractivity contribution in [3.63, 3.8) is 0 Å². The lowest BCUT2D eigenvalue weighted by Gasteiger charge is -2.20. The van der Waals surface area contributed by atoms with Gasteiger partial charge in [0.1, 0.15) is 5.75 Å². The fraction of sp³-hybridized carbons (Fsp3) is 0.350. The Hall–Kier alpha value is -2.29. The minimum atomic E-state index is -0.0749. The van der Waals surface area contributed by atoms with Gasteiger partial charge < -0.3 is 10.1 Å². The minimum absolute atomic E-state index is 0.0130. The van der Waals surface area contributed by atoms with Gasteiger partial charge in [0.2, 0.25) is 0 Å². The molecule has 1 unspecified atom stereocenters. The van der Waals surface area contributed by atoms with Crippen LogP contribution in [0.1, 0.15) is 52.9 Å². The summed E-state index contributed by atoms with van der Waals surface area (Å²) in [6, 6.07) is 13.8. The van der Waals surface area contributed by atoms with Gasteiger partial charge in [0, 0.05) is 5.56 Å². The lowest BCUT2D eigenvalue weighted by atomic mass is 9.89. The van der Waals surface area contributed by atoms with Gasteiger partial charge in [-0.05, 0) is 67.5 Å². The molecular formula is C20H23NO2. The molecule has 0 heterocycles. The van der Waals surface area contributed by atoms with E-state index in [9.17, 15) is 4.79 Å². The highest BCUT2D eigenvalue weighted by molar-refractivity contribution is 5.94. The number of hydrogen-bond donors (Lipinski definition) is 1. The fourth-order valence-electron chi connectivity index (χ4n) is 3.15. The molecule has 0 saturated carbocycles.